The highest BCUT2D eigenvalue weighted by atomic mass is 16.3. The maximum absolute atomic E-state index is 11.1. The number of nitrogens with one attached hydrogen (secondary N) is 1. The van der Waals surface area contributed by atoms with E-state index in [0.717, 1.165) is 6.07 Å². The molecular formula is C10H7N3O3. The summed E-state index contributed by atoms with van der Waals surface area (Å²) in [7, 11) is 0. The third kappa shape index (κ3) is 1.20. The summed E-state index contributed by atoms with van der Waals surface area (Å²) >= 11 is 0. The molecule has 0 spiro atoms. The maximum Gasteiger partial charge on any atom is 0.254 e. The summed E-state index contributed by atoms with van der Waals surface area (Å²) in [6.07, 6.45) is 1.53. The van der Waals surface area contributed by atoms with Gasteiger partial charge in [0.15, 0.2) is 5.76 Å². The van der Waals surface area contributed by atoms with Crippen molar-refractivity contribution >= 4 is 5.65 Å². The van der Waals surface area contributed by atoms with Gasteiger partial charge in [-0.3, -0.25) is 4.79 Å². The zero-order valence-corrected chi connectivity index (χ0v) is 8.04. The fourth-order valence-corrected chi connectivity index (χ4v) is 1.53. The van der Waals surface area contributed by atoms with Crippen LogP contribution >= 0.6 is 0 Å². The van der Waals surface area contributed by atoms with Crippen LogP contribution in [0.25, 0.3) is 17.1 Å². The molecule has 0 aliphatic heterocycles. The third-order valence-electron chi connectivity index (χ3n) is 2.21. The second-order valence-corrected chi connectivity index (χ2v) is 3.30. The Kier molecular flexibility index (Phi) is 1.64. The first-order valence-electron chi connectivity index (χ1n) is 4.60. The molecule has 3 aromatic rings. The molecule has 2 N–H and O–H groups in total. The Morgan fingerprint density at radius 2 is 2.31 bits per heavy atom. The van der Waals surface area contributed by atoms with Gasteiger partial charge in [-0.1, -0.05) is 0 Å². The third-order valence-corrected chi connectivity index (χ3v) is 2.21. The number of nitrogens with zero attached hydrogens (tertiary/aromatic N) is 2. The Bertz CT molecular complexity index is 694. The van der Waals surface area contributed by atoms with Crippen LogP contribution < -0.4 is 5.56 Å². The van der Waals surface area contributed by atoms with Crippen LogP contribution in [0.4, 0.5) is 0 Å². The smallest absolute Gasteiger partial charge is 0.254 e. The molecule has 0 radical (unpaired) electrons. The molecule has 3 rings (SSSR count). The molecule has 3 heterocycles. The number of fused-ring (bicyclic) bond motifs is 1. The van der Waals surface area contributed by atoms with E-state index in [2.05, 4.69) is 10.1 Å². The van der Waals surface area contributed by atoms with Crippen molar-refractivity contribution in [3.63, 3.8) is 0 Å². The molecule has 0 saturated carbocycles. The SMILES string of the molecule is O=c1cc(O)n2nc(-c3ccco3)cc2[nH]1. The minimum atomic E-state index is -0.379. The van der Waals surface area contributed by atoms with Gasteiger partial charge in [0.2, 0.25) is 5.88 Å². The van der Waals surface area contributed by atoms with Crippen molar-refractivity contribution in [2.24, 2.45) is 0 Å². The fraction of sp³-hybridized carbons (Fsp3) is 0. The molecule has 16 heavy (non-hydrogen) atoms. The number of aromatic amines is 1. The zero-order valence-electron chi connectivity index (χ0n) is 8.04. The summed E-state index contributed by atoms with van der Waals surface area (Å²) in [5.74, 6) is 0.362. The minimum absolute atomic E-state index is 0.212. The van der Waals surface area contributed by atoms with Crippen LogP contribution in [0.15, 0.2) is 39.7 Å². The number of furan rings is 1. The fourth-order valence-electron chi connectivity index (χ4n) is 1.53. The van der Waals surface area contributed by atoms with Crippen molar-refractivity contribution in [3.05, 3.63) is 40.9 Å². The number of rotatable bonds is 1. The van der Waals surface area contributed by atoms with Crippen molar-refractivity contribution in [1.29, 1.82) is 0 Å². The Hall–Kier alpha value is -2.50. The lowest BCUT2D eigenvalue weighted by molar-refractivity contribution is 0.434. The standard InChI is InChI=1S/C10H7N3O3/c14-9-5-10(15)13-8(11-9)4-6(12-13)7-2-1-3-16-7/h1-5,15H,(H,11,14). The first kappa shape index (κ1) is 8.78. The van der Waals surface area contributed by atoms with Gasteiger partial charge in [-0.05, 0) is 12.1 Å². The van der Waals surface area contributed by atoms with E-state index in [1.807, 2.05) is 0 Å². The molecular weight excluding hydrogens is 210 g/mol. The van der Waals surface area contributed by atoms with Gasteiger partial charge in [-0.25, -0.2) is 0 Å². The summed E-state index contributed by atoms with van der Waals surface area (Å²) in [6.45, 7) is 0. The second-order valence-electron chi connectivity index (χ2n) is 3.30. The van der Waals surface area contributed by atoms with Crippen molar-refractivity contribution < 1.29 is 9.52 Å². The summed E-state index contributed by atoms with van der Waals surface area (Å²) in [4.78, 5) is 13.7. The second kappa shape index (κ2) is 2.99. The summed E-state index contributed by atoms with van der Waals surface area (Å²) in [5, 5.41) is 13.6. The van der Waals surface area contributed by atoms with Crippen molar-refractivity contribution in [2.45, 2.75) is 0 Å². The van der Waals surface area contributed by atoms with Crippen molar-refractivity contribution in [3.8, 4) is 17.3 Å². The zero-order chi connectivity index (χ0) is 11.1. The van der Waals surface area contributed by atoms with Gasteiger partial charge in [0.1, 0.15) is 11.3 Å². The highest BCUT2D eigenvalue weighted by Crippen LogP contribution is 2.20. The van der Waals surface area contributed by atoms with Crippen LogP contribution in [0.3, 0.4) is 0 Å². The molecule has 0 amide bonds. The number of aromatic nitrogens is 3. The molecule has 80 valence electrons. The Balaban J connectivity index is 2.31. The Morgan fingerprint density at radius 1 is 1.44 bits per heavy atom. The predicted molar refractivity (Wildman–Crippen MR) is 55.2 cm³/mol. The van der Waals surface area contributed by atoms with Gasteiger partial charge < -0.3 is 14.5 Å². The van der Waals surface area contributed by atoms with E-state index in [1.165, 1.54) is 10.8 Å². The molecule has 0 aliphatic rings. The van der Waals surface area contributed by atoms with Gasteiger partial charge in [0.05, 0.1) is 12.3 Å². The van der Waals surface area contributed by atoms with Gasteiger partial charge >= 0.3 is 0 Å². The number of H-pyrrole nitrogens is 1. The minimum Gasteiger partial charge on any atom is -0.493 e. The average Bonchev–Trinajstić information content (AvgIpc) is 2.82. The lowest BCUT2D eigenvalue weighted by atomic mass is 10.3. The predicted octanol–water partition coefficient (Wildman–Crippen LogP) is 0.988. The van der Waals surface area contributed by atoms with Gasteiger partial charge in [0, 0.05) is 6.07 Å². The van der Waals surface area contributed by atoms with E-state index in [-0.39, 0.29) is 11.4 Å². The summed E-state index contributed by atoms with van der Waals surface area (Å²) < 4.78 is 6.41. The van der Waals surface area contributed by atoms with Crippen LogP contribution in [-0.2, 0) is 0 Å². The monoisotopic (exact) mass is 217 g/mol. The number of aromatic hydroxyl groups is 1. The molecule has 0 aromatic carbocycles. The lowest BCUT2D eigenvalue weighted by Gasteiger charge is -1.94. The summed E-state index contributed by atoms with van der Waals surface area (Å²) in [6, 6.07) is 6.17. The van der Waals surface area contributed by atoms with E-state index in [0.29, 0.717) is 17.1 Å². The summed E-state index contributed by atoms with van der Waals surface area (Å²) in [5.41, 5.74) is 0.578. The van der Waals surface area contributed by atoms with E-state index < -0.39 is 0 Å². The average molecular weight is 217 g/mol. The van der Waals surface area contributed by atoms with Crippen LogP contribution in [0, 0.1) is 0 Å². The van der Waals surface area contributed by atoms with Crippen molar-refractivity contribution in [1.82, 2.24) is 14.6 Å². The molecule has 6 nitrogen and oxygen atoms in total. The maximum atomic E-state index is 11.1. The van der Waals surface area contributed by atoms with E-state index >= 15 is 0 Å². The van der Waals surface area contributed by atoms with Gasteiger partial charge in [0.25, 0.3) is 5.56 Å². The van der Waals surface area contributed by atoms with Gasteiger partial charge in [-0.15, -0.1) is 0 Å². The molecule has 0 aliphatic carbocycles. The number of hydrogen-bond acceptors (Lipinski definition) is 4. The van der Waals surface area contributed by atoms with Crippen LogP contribution in [0.1, 0.15) is 0 Å². The van der Waals surface area contributed by atoms with Crippen LogP contribution in [-0.4, -0.2) is 19.7 Å². The highest BCUT2D eigenvalue weighted by molar-refractivity contribution is 5.59. The number of hydrogen-bond donors (Lipinski definition) is 2. The molecule has 0 atom stereocenters. The Labute approximate surface area is 88.8 Å². The Morgan fingerprint density at radius 3 is 3.06 bits per heavy atom. The van der Waals surface area contributed by atoms with E-state index in [9.17, 15) is 9.90 Å². The molecule has 0 unspecified atom stereocenters. The van der Waals surface area contributed by atoms with E-state index in [4.69, 9.17) is 4.42 Å². The lowest BCUT2D eigenvalue weighted by Crippen LogP contribution is -2.06. The molecule has 3 aromatic heterocycles. The van der Waals surface area contributed by atoms with Gasteiger partial charge in [-0.2, -0.15) is 9.61 Å². The van der Waals surface area contributed by atoms with Crippen molar-refractivity contribution in [2.75, 3.05) is 0 Å². The van der Waals surface area contributed by atoms with E-state index in [1.54, 1.807) is 18.2 Å². The largest absolute Gasteiger partial charge is 0.493 e. The molecule has 0 bridgehead atoms. The van der Waals surface area contributed by atoms with Crippen LogP contribution in [0.5, 0.6) is 5.88 Å². The molecule has 0 fully saturated rings. The first-order valence-corrected chi connectivity index (χ1v) is 4.60. The topological polar surface area (TPSA) is 83.5 Å². The van der Waals surface area contributed by atoms with Crippen LogP contribution in [0.2, 0.25) is 0 Å². The molecule has 0 saturated heterocycles. The highest BCUT2D eigenvalue weighted by Gasteiger charge is 2.09. The first-order chi connectivity index (χ1) is 7.74. The quantitative estimate of drug-likeness (QED) is 0.636. The molecule has 6 heteroatoms. The normalized spacial score (nSPS) is 11.0.